The summed E-state index contributed by atoms with van der Waals surface area (Å²) in [6.45, 7) is 0. The first kappa shape index (κ1) is 14.6. The van der Waals surface area contributed by atoms with Crippen molar-refractivity contribution in [1.29, 1.82) is 5.26 Å². The van der Waals surface area contributed by atoms with Crippen LogP contribution >= 0.6 is 27.5 Å². The lowest BCUT2D eigenvalue weighted by Crippen LogP contribution is -2.15. The van der Waals surface area contributed by atoms with Gasteiger partial charge in [-0.1, -0.05) is 39.7 Å². The first-order valence-electron chi connectivity index (χ1n) is 5.82. The van der Waals surface area contributed by atoms with Gasteiger partial charge in [-0.2, -0.15) is 5.26 Å². The Labute approximate surface area is 130 Å². The van der Waals surface area contributed by atoms with Crippen LogP contribution in [0.5, 0.6) is 0 Å². The normalized spacial score (nSPS) is 9.85. The predicted octanol–water partition coefficient (Wildman–Crippen LogP) is 4.16. The smallest absolute Gasteiger partial charge is 0.228 e. The number of rotatable bonds is 3. The SMILES string of the molecule is N#Cc1cc(Br)ccc1NC(=O)Cc1ccc(Cl)cc1. The average Bonchev–Trinajstić information content (AvgIpc) is 2.43. The van der Waals surface area contributed by atoms with Gasteiger partial charge in [0.1, 0.15) is 6.07 Å². The minimum atomic E-state index is -0.175. The molecule has 0 fully saturated rings. The van der Waals surface area contributed by atoms with E-state index in [1.54, 1.807) is 42.5 Å². The molecule has 2 rings (SSSR count). The lowest BCUT2D eigenvalue weighted by molar-refractivity contribution is -0.115. The Bertz CT molecular complexity index is 677. The number of benzene rings is 2. The summed E-state index contributed by atoms with van der Waals surface area (Å²) in [6, 6.07) is 14.3. The summed E-state index contributed by atoms with van der Waals surface area (Å²) in [5.41, 5.74) is 1.79. The molecule has 0 saturated carbocycles. The second kappa shape index (κ2) is 6.56. The Morgan fingerprint density at radius 3 is 2.60 bits per heavy atom. The zero-order valence-corrected chi connectivity index (χ0v) is 12.7. The molecule has 0 aromatic heterocycles. The molecule has 5 heteroatoms. The number of nitrogens with zero attached hydrogens (tertiary/aromatic N) is 1. The van der Waals surface area contributed by atoms with Crippen molar-refractivity contribution in [3.63, 3.8) is 0 Å². The third-order valence-electron chi connectivity index (χ3n) is 2.65. The molecular formula is C15H10BrClN2O. The Kier molecular flexibility index (Phi) is 4.78. The van der Waals surface area contributed by atoms with Gasteiger partial charge in [0.25, 0.3) is 0 Å². The van der Waals surface area contributed by atoms with E-state index in [0.29, 0.717) is 16.3 Å². The highest BCUT2D eigenvalue weighted by molar-refractivity contribution is 9.10. The van der Waals surface area contributed by atoms with Gasteiger partial charge in [-0.25, -0.2) is 0 Å². The molecule has 2 aromatic rings. The highest BCUT2D eigenvalue weighted by Gasteiger charge is 2.08. The molecule has 0 radical (unpaired) electrons. The summed E-state index contributed by atoms with van der Waals surface area (Å²) in [6.07, 6.45) is 0.234. The fourth-order valence-electron chi connectivity index (χ4n) is 1.70. The van der Waals surface area contributed by atoms with Gasteiger partial charge in [0, 0.05) is 9.50 Å². The first-order valence-corrected chi connectivity index (χ1v) is 6.99. The molecule has 1 N–H and O–H groups in total. The molecule has 0 saturated heterocycles. The molecule has 1 amide bonds. The maximum absolute atomic E-state index is 12.0. The van der Waals surface area contributed by atoms with Crippen molar-refractivity contribution in [3.05, 3.63) is 63.1 Å². The van der Waals surface area contributed by atoms with Gasteiger partial charge >= 0.3 is 0 Å². The Balaban J connectivity index is 2.09. The van der Waals surface area contributed by atoms with E-state index in [1.807, 2.05) is 0 Å². The van der Waals surface area contributed by atoms with Crippen LogP contribution in [0.15, 0.2) is 46.9 Å². The van der Waals surface area contributed by atoms with Crippen molar-refractivity contribution >= 4 is 39.1 Å². The van der Waals surface area contributed by atoms with E-state index in [1.165, 1.54) is 0 Å². The molecule has 20 heavy (non-hydrogen) atoms. The summed E-state index contributed by atoms with van der Waals surface area (Å²) < 4.78 is 0.796. The minimum absolute atomic E-state index is 0.175. The molecule has 0 aliphatic rings. The van der Waals surface area contributed by atoms with Crippen molar-refractivity contribution in [2.45, 2.75) is 6.42 Å². The van der Waals surface area contributed by atoms with E-state index in [0.717, 1.165) is 10.0 Å². The fraction of sp³-hybridized carbons (Fsp3) is 0.0667. The molecule has 0 atom stereocenters. The van der Waals surface area contributed by atoms with Crippen molar-refractivity contribution in [2.24, 2.45) is 0 Å². The number of nitrogens with one attached hydrogen (secondary N) is 1. The van der Waals surface area contributed by atoms with Crippen LogP contribution in [-0.2, 0) is 11.2 Å². The van der Waals surface area contributed by atoms with Crippen molar-refractivity contribution in [1.82, 2.24) is 0 Å². The minimum Gasteiger partial charge on any atom is -0.325 e. The molecule has 2 aromatic carbocycles. The third kappa shape index (κ3) is 3.83. The summed E-state index contributed by atoms with van der Waals surface area (Å²) in [5.74, 6) is -0.175. The lowest BCUT2D eigenvalue weighted by Gasteiger charge is -2.07. The zero-order chi connectivity index (χ0) is 14.5. The lowest BCUT2D eigenvalue weighted by atomic mass is 10.1. The van der Waals surface area contributed by atoms with Crippen LogP contribution in [0.1, 0.15) is 11.1 Å². The standard InChI is InChI=1S/C15H10BrClN2O/c16-12-3-6-14(11(8-12)9-18)19-15(20)7-10-1-4-13(17)5-2-10/h1-6,8H,7H2,(H,19,20). The van der Waals surface area contributed by atoms with Crippen LogP contribution in [-0.4, -0.2) is 5.91 Å². The molecule has 0 spiro atoms. The molecular weight excluding hydrogens is 340 g/mol. The highest BCUT2D eigenvalue weighted by Crippen LogP contribution is 2.20. The number of hydrogen-bond acceptors (Lipinski definition) is 2. The number of amides is 1. The second-order valence-electron chi connectivity index (χ2n) is 4.15. The van der Waals surface area contributed by atoms with Crippen LogP contribution in [0.2, 0.25) is 5.02 Å². The molecule has 3 nitrogen and oxygen atoms in total. The van der Waals surface area contributed by atoms with Crippen LogP contribution in [0, 0.1) is 11.3 Å². The van der Waals surface area contributed by atoms with Crippen molar-refractivity contribution < 1.29 is 4.79 Å². The van der Waals surface area contributed by atoms with Gasteiger partial charge in [0.05, 0.1) is 17.7 Å². The number of carbonyl (C=O) groups excluding carboxylic acids is 1. The zero-order valence-electron chi connectivity index (χ0n) is 10.4. The highest BCUT2D eigenvalue weighted by atomic mass is 79.9. The number of nitriles is 1. The number of halogens is 2. The maximum Gasteiger partial charge on any atom is 0.228 e. The van der Waals surface area contributed by atoms with Gasteiger partial charge < -0.3 is 5.32 Å². The summed E-state index contributed by atoms with van der Waals surface area (Å²) in [5, 5.41) is 12.4. The van der Waals surface area contributed by atoms with E-state index in [4.69, 9.17) is 16.9 Å². The molecule has 0 aliphatic carbocycles. The summed E-state index contributed by atoms with van der Waals surface area (Å²) in [4.78, 5) is 12.0. The Morgan fingerprint density at radius 1 is 1.25 bits per heavy atom. The van der Waals surface area contributed by atoms with Gasteiger partial charge in [-0.3, -0.25) is 4.79 Å². The molecule has 0 aliphatic heterocycles. The van der Waals surface area contributed by atoms with Crippen LogP contribution in [0.25, 0.3) is 0 Å². The summed E-state index contributed by atoms with van der Waals surface area (Å²) in [7, 11) is 0. The first-order chi connectivity index (χ1) is 9.58. The molecule has 100 valence electrons. The van der Waals surface area contributed by atoms with Crippen LogP contribution in [0.4, 0.5) is 5.69 Å². The topological polar surface area (TPSA) is 52.9 Å². The van der Waals surface area contributed by atoms with E-state index >= 15 is 0 Å². The fourth-order valence-corrected chi connectivity index (χ4v) is 2.19. The van der Waals surface area contributed by atoms with Gasteiger partial charge in [-0.15, -0.1) is 0 Å². The van der Waals surface area contributed by atoms with Crippen LogP contribution in [0.3, 0.4) is 0 Å². The largest absolute Gasteiger partial charge is 0.325 e. The van der Waals surface area contributed by atoms with E-state index in [-0.39, 0.29) is 12.3 Å². The van der Waals surface area contributed by atoms with Crippen LogP contribution < -0.4 is 5.32 Å². The molecule has 0 unspecified atom stereocenters. The predicted molar refractivity (Wildman–Crippen MR) is 82.6 cm³/mol. The van der Waals surface area contributed by atoms with E-state index < -0.39 is 0 Å². The van der Waals surface area contributed by atoms with Gasteiger partial charge in [0.2, 0.25) is 5.91 Å². The molecule has 0 bridgehead atoms. The molecule has 0 heterocycles. The van der Waals surface area contributed by atoms with E-state index in [2.05, 4.69) is 27.3 Å². The number of anilines is 1. The summed E-state index contributed by atoms with van der Waals surface area (Å²) >= 11 is 9.08. The average molecular weight is 350 g/mol. The number of carbonyl (C=O) groups is 1. The third-order valence-corrected chi connectivity index (χ3v) is 3.40. The maximum atomic E-state index is 12.0. The van der Waals surface area contributed by atoms with Gasteiger partial charge in [-0.05, 0) is 35.9 Å². The van der Waals surface area contributed by atoms with E-state index in [9.17, 15) is 4.79 Å². The van der Waals surface area contributed by atoms with Crippen molar-refractivity contribution in [3.8, 4) is 6.07 Å². The Hall–Kier alpha value is -1.83. The quantitative estimate of drug-likeness (QED) is 0.905. The Morgan fingerprint density at radius 2 is 1.95 bits per heavy atom. The second-order valence-corrected chi connectivity index (χ2v) is 5.51. The monoisotopic (exact) mass is 348 g/mol. The van der Waals surface area contributed by atoms with Gasteiger partial charge in [0.15, 0.2) is 0 Å². The van der Waals surface area contributed by atoms with Crippen molar-refractivity contribution in [2.75, 3.05) is 5.32 Å². The number of hydrogen-bond donors (Lipinski definition) is 1.